The predicted molar refractivity (Wildman–Crippen MR) is 107 cm³/mol. The number of hydrogen-bond acceptors (Lipinski definition) is 5. The van der Waals surface area contributed by atoms with Crippen LogP contribution in [-0.4, -0.2) is 52.0 Å². The molecular weight excluding hydrogens is 384 g/mol. The Morgan fingerprint density at radius 2 is 1.79 bits per heavy atom. The summed E-state index contributed by atoms with van der Waals surface area (Å²) in [5.41, 5.74) is 1.36. The lowest BCUT2D eigenvalue weighted by atomic mass is 10.1. The van der Waals surface area contributed by atoms with Crippen molar-refractivity contribution in [2.75, 3.05) is 46.3 Å². The number of morpholine rings is 1. The van der Waals surface area contributed by atoms with Crippen molar-refractivity contribution >= 4 is 23.3 Å². The highest BCUT2D eigenvalue weighted by Crippen LogP contribution is 2.38. The molecule has 3 rings (SSSR count). The molecule has 0 saturated carbocycles. The lowest BCUT2D eigenvalue weighted by Crippen LogP contribution is -2.44. The van der Waals surface area contributed by atoms with Crippen molar-refractivity contribution < 1.29 is 23.7 Å². The van der Waals surface area contributed by atoms with Crippen molar-refractivity contribution in [3.63, 3.8) is 0 Å². The molecule has 1 saturated heterocycles. The first kappa shape index (κ1) is 20.1. The van der Waals surface area contributed by atoms with Crippen LogP contribution >= 0.6 is 11.6 Å². The highest BCUT2D eigenvalue weighted by atomic mass is 35.5. The van der Waals surface area contributed by atoms with Gasteiger partial charge in [0, 0.05) is 29.3 Å². The number of benzene rings is 2. The summed E-state index contributed by atoms with van der Waals surface area (Å²) in [6, 6.07) is 10.6. The Hall–Kier alpha value is -2.64. The predicted octanol–water partition coefficient (Wildman–Crippen LogP) is 3.97. The number of carbonyl (C=O) groups excluding carboxylic acids is 1. The molecule has 1 heterocycles. The number of nitrogens with zero attached hydrogens (tertiary/aromatic N) is 1. The summed E-state index contributed by atoms with van der Waals surface area (Å²) >= 11 is 6.27. The third-order valence-corrected chi connectivity index (χ3v) is 4.90. The van der Waals surface area contributed by atoms with E-state index < -0.39 is 0 Å². The SMILES string of the molecule is COc1cc(OC)c(OC)cc1NC(=O)N1CCOC(c2ccccc2Cl)C1. The smallest absolute Gasteiger partial charge is 0.322 e. The Kier molecular flexibility index (Phi) is 6.49. The second kappa shape index (κ2) is 9.03. The number of halogens is 1. The maximum atomic E-state index is 12.9. The molecule has 0 aliphatic carbocycles. The molecule has 1 aliphatic rings. The monoisotopic (exact) mass is 406 g/mol. The minimum Gasteiger partial charge on any atom is -0.494 e. The minimum absolute atomic E-state index is 0.258. The molecule has 2 aromatic rings. The molecule has 1 N–H and O–H groups in total. The minimum atomic E-state index is -0.277. The molecule has 150 valence electrons. The van der Waals surface area contributed by atoms with Crippen LogP contribution in [0, 0.1) is 0 Å². The van der Waals surface area contributed by atoms with E-state index in [9.17, 15) is 4.79 Å². The number of methoxy groups -OCH3 is 3. The first-order valence-corrected chi connectivity index (χ1v) is 9.17. The summed E-state index contributed by atoms with van der Waals surface area (Å²) in [6.07, 6.45) is -0.277. The summed E-state index contributed by atoms with van der Waals surface area (Å²) < 4.78 is 21.8. The molecule has 0 bridgehead atoms. The summed E-state index contributed by atoms with van der Waals surface area (Å²) in [5, 5.41) is 3.50. The molecule has 1 atom stereocenters. The summed E-state index contributed by atoms with van der Waals surface area (Å²) in [7, 11) is 4.60. The Balaban J connectivity index is 1.76. The molecule has 0 spiro atoms. The molecular formula is C20H23ClN2O5. The molecule has 0 aromatic heterocycles. The Morgan fingerprint density at radius 1 is 1.11 bits per heavy atom. The second-order valence-corrected chi connectivity index (χ2v) is 6.57. The van der Waals surface area contributed by atoms with Crippen LogP contribution in [0.2, 0.25) is 5.02 Å². The van der Waals surface area contributed by atoms with Crippen LogP contribution in [0.5, 0.6) is 17.2 Å². The van der Waals surface area contributed by atoms with E-state index in [0.717, 1.165) is 5.56 Å². The fourth-order valence-electron chi connectivity index (χ4n) is 3.08. The van der Waals surface area contributed by atoms with Crippen molar-refractivity contribution in [2.45, 2.75) is 6.10 Å². The average Bonchev–Trinajstić information content (AvgIpc) is 2.73. The van der Waals surface area contributed by atoms with Gasteiger partial charge in [0.05, 0.1) is 40.2 Å². The van der Waals surface area contributed by atoms with Crippen molar-refractivity contribution in [2.24, 2.45) is 0 Å². The van der Waals surface area contributed by atoms with Gasteiger partial charge in [0.1, 0.15) is 11.9 Å². The number of nitrogens with one attached hydrogen (secondary N) is 1. The van der Waals surface area contributed by atoms with Gasteiger partial charge in [0.15, 0.2) is 11.5 Å². The number of ether oxygens (including phenoxy) is 4. The third kappa shape index (κ3) is 4.26. The van der Waals surface area contributed by atoms with Crippen LogP contribution in [0.25, 0.3) is 0 Å². The molecule has 1 fully saturated rings. The first-order valence-electron chi connectivity index (χ1n) is 8.79. The lowest BCUT2D eigenvalue weighted by Gasteiger charge is -2.33. The normalized spacial score (nSPS) is 16.4. The van der Waals surface area contributed by atoms with E-state index in [-0.39, 0.29) is 12.1 Å². The van der Waals surface area contributed by atoms with E-state index in [0.29, 0.717) is 47.7 Å². The van der Waals surface area contributed by atoms with Gasteiger partial charge in [-0.2, -0.15) is 0 Å². The van der Waals surface area contributed by atoms with Crippen molar-refractivity contribution in [1.82, 2.24) is 4.90 Å². The molecule has 0 radical (unpaired) electrons. The van der Waals surface area contributed by atoms with E-state index >= 15 is 0 Å². The van der Waals surface area contributed by atoms with Gasteiger partial charge in [-0.15, -0.1) is 0 Å². The zero-order valence-electron chi connectivity index (χ0n) is 16.0. The third-order valence-electron chi connectivity index (χ3n) is 4.55. The summed E-state index contributed by atoms with van der Waals surface area (Å²) in [5.74, 6) is 1.49. The van der Waals surface area contributed by atoms with E-state index in [1.807, 2.05) is 24.3 Å². The van der Waals surface area contributed by atoms with Gasteiger partial charge in [0.2, 0.25) is 0 Å². The van der Waals surface area contributed by atoms with Gasteiger partial charge in [-0.1, -0.05) is 29.8 Å². The number of rotatable bonds is 5. The number of carbonyl (C=O) groups is 1. The molecule has 1 aliphatic heterocycles. The molecule has 8 heteroatoms. The molecule has 7 nitrogen and oxygen atoms in total. The summed E-state index contributed by atoms with van der Waals surface area (Å²) in [4.78, 5) is 14.5. The van der Waals surface area contributed by atoms with Gasteiger partial charge >= 0.3 is 6.03 Å². The first-order chi connectivity index (χ1) is 13.6. The summed E-state index contributed by atoms with van der Waals surface area (Å²) in [6.45, 7) is 1.29. The van der Waals surface area contributed by atoms with Crippen molar-refractivity contribution in [3.05, 3.63) is 47.0 Å². The van der Waals surface area contributed by atoms with Gasteiger partial charge in [-0.25, -0.2) is 4.79 Å². The van der Waals surface area contributed by atoms with Crippen molar-refractivity contribution in [1.29, 1.82) is 0 Å². The molecule has 2 amide bonds. The largest absolute Gasteiger partial charge is 0.494 e. The number of anilines is 1. The Bertz CT molecular complexity index is 845. The van der Waals surface area contributed by atoms with Gasteiger partial charge < -0.3 is 29.2 Å². The highest BCUT2D eigenvalue weighted by molar-refractivity contribution is 6.31. The van der Waals surface area contributed by atoms with Crippen molar-refractivity contribution in [3.8, 4) is 17.2 Å². The van der Waals surface area contributed by atoms with E-state index in [1.165, 1.54) is 21.3 Å². The zero-order valence-corrected chi connectivity index (χ0v) is 16.8. The van der Waals surface area contributed by atoms with Crippen LogP contribution in [0.3, 0.4) is 0 Å². The Labute approximate surface area is 169 Å². The van der Waals surface area contributed by atoms with Crippen LogP contribution in [-0.2, 0) is 4.74 Å². The van der Waals surface area contributed by atoms with E-state index in [1.54, 1.807) is 17.0 Å². The number of hydrogen-bond donors (Lipinski definition) is 1. The molecule has 1 unspecified atom stereocenters. The van der Waals surface area contributed by atoms with Crippen LogP contribution in [0.4, 0.5) is 10.5 Å². The quantitative estimate of drug-likeness (QED) is 0.813. The lowest BCUT2D eigenvalue weighted by molar-refractivity contribution is -0.0134. The number of amides is 2. The molecule has 2 aromatic carbocycles. The topological polar surface area (TPSA) is 69.3 Å². The average molecular weight is 407 g/mol. The van der Waals surface area contributed by atoms with Gasteiger partial charge in [0.25, 0.3) is 0 Å². The fraction of sp³-hybridized carbons (Fsp3) is 0.350. The standard InChI is InChI=1S/C20H23ClN2O5/c1-25-16-11-18(27-3)17(26-2)10-15(16)22-20(24)23-8-9-28-19(12-23)13-6-4-5-7-14(13)21/h4-7,10-11,19H,8-9,12H2,1-3H3,(H,22,24). The van der Waals surface area contributed by atoms with Gasteiger partial charge in [-0.05, 0) is 6.07 Å². The van der Waals surface area contributed by atoms with Crippen LogP contribution < -0.4 is 19.5 Å². The van der Waals surface area contributed by atoms with Crippen LogP contribution in [0.15, 0.2) is 36.4 Å². The fourth-order valence-corrected chi connectivity index (χ4v) is 3.34. The second-order valence-electron chi connectivity index (χ2n) is 6.16. The van der Waals surface area contributed by atoms with E-state index in [2.05, 4.69) is 5.32 Å². The number of urea groups is 1. The van der Waals surface area contributed by atoms with E-state index in [4.69, 9.17) is 30.5 Å². The molecule has 28 heavy (non-hydrogen) atoms. The van der Waals surface area contributed by atoms with Gasteiger partial charge in [-0.3, -0.25) is 0 Å². The zero-order chi connectivity index (χ0) is 20.1. The maximum absolute atomic E-state index is 12.9. The highest BCUT2D eigenvalue weighted by Gasteiger charge is 2.27. The van der Waals surface area contributed by atoms with Crippen LogP contribution in [0.1, 0.15) is 11.7 Å². The Morgan fingerprint density at radius 3 is 2.46 bits per heavy atom. The maximum Gasteiger partial charge on any atom is 0.322 e.